The molecule has 0 unspecified atom stereocenters. The Morgan fingerprint density at radius 3 is 2.12 bits per heavy atom. The standard InChI is InChI=1S/C27H37FN2O3/c1-7-19(3)29-26(32)24(8-2)30(17-20-9-13-22(28)14-10-20)25(31)18-33-23-15-11-21(12-16-23)27(4,5)6/h9-16,19,24H,7-8,17-18H2,1-6H3,(H,29,32)/t19-,24-/m1/s1. The van der Waals surface area contributed by atoms with E-state index in [4.69, 9.17) is 4.74 Å². The Kier molecular flexibility index (Phi) is 9.44. The van der Waals surface area contributed by atoms with Crippen LogP contribution >= 0.6 is 0 Å². The second-order valence-corrected chi connectivity index (χ2v) is 9.45. The van der Waals surface area contributed by atoms with Gasteiger partial charge >= 0.3 is 0 Å². The Morgan fingerprint density at radius 1 is 1.00 bits per heavy atom. The molecular weight excluding hydrogens is 419 g/mol. The molecule has 0 aromatic heterocycles. The molecule has 2 amide bonds. The van der Waals surface area contributed by atoms with Gasteiger partial charge in [-0.1, -0.05) is 58.9 Å². The lowest BCUT2D eigenvalue weighted by Gasteiger charge is -2.31. The zero-order chi connectivity index (χ0) is 24.6. The number of nitrogens with one attached hydrogen (secondary N) is 1. The molecule has 0 heterocycles. The molecule has 0 radical (unpaired) electrons. The van der Waals surface area contributed by atoms with Gasteiger partial charge in [0, 0.05) is 12.6 Å². The molecule has 1 N–H and O–H groups in total. The van der Waals surface area contributed by atoms with Crippen molar-refractivity contribution < 1.29 is 18.7 Å². The van der Waals surface area contributed by atoms with Gasteiger partial charge in [-0.05, 0) is 60.6 Å². The van der Waals surface area contributed by atoms with Crippen LogP contribution in [0.15, 0.2) is 48.5 Å². The smallest absolute Gasteiger partial charge is 0.261 e. The molecule has 33 heavy (non-hydrogen) atoms. The summed E-state index contributed by atoms with van der Waals surface area (Å²) in [7, 11) is 0. The number of nitrogens with zero attached hydrogens (tertiary/aromatic N) is 1. The molecule has 0 aliphatic heterocycles. The molecule has 2 rings (SSSR count). The molecule has 6 heteroatoms. The second-order valence-electron chi connectivity index (χ2n) is 9.45. The summed E-state index contributed by atoms with van der Waals surface area (Å²) in [5, 5.41) is 2.97. The maximum Gasteiger partial charge on any atom is 0.261 e. The third-order valence-electron chi connectivity index (χ3n) is 5.74. The Morgan fingerprint density at radius 2 is 1.61 bits per heavy atom. The van der Waals surface area contributed by atoms with Crippen LogP contribution in [0.5, 0.6) is 5.75 Å². The summed E-state index contributed by atoms with van der Waals surface area (Å²) in [6.45, 7) is 12.2. The number of carbonyl (C=O) groups is 2. The van der Waals surface area contributed by atoms with E-state index >= 15 is 0 Å². The van der Waals surface area contributed by atoms with Gasteiger partial charge in [-0.25, -0.2) is 4.39 Å². The molecule has 2 atom stereocenters. The molecular formula is C27H37FN2O3. The highest BCUT2D eigenvalue weighted by molar-refractivity contribution is 5.88. The first-order valence-corrected chi connectivity index (χ1v) is 11.6. The summed E-state index contributed by atoms with van der Waals surface area (Å²) in [6, 6.07) is 13.0. The van der Waals surface area contributed by atoms with Crippen molar-refractivity contribution in [1.82, 2.24) is 10.2 Å². The number of ether oxygens (including phenoxy) is 1. The Balaban J connectivity index is 2.19. The Bertz CT molecular complexity index is 904. The van der Waals surface area contributed by atoms with Gasteiger partial charge in [0.2, 0.25) is 5.91 Å². The van der Waals surface area contributed by atoms with Crippen LogP contribution in [0.4, 0.5) is 4.39 Å². The van der Waals surface area contributed by atoms with Crippen LogP contribution in [0.2, 0.25) is 0 Å². The molecule has 0 saturated carbocycles. The summed E-state index contributed by atoms with van der Waals surface area (Å²) in [4.78, 5) is 27.7. The van der Waals surface area contributed by atoms with Crippen molar-refractivity contribution in [2.75, 3.05) is 6.61 Å². The summed E-state index contributed by atoms with van der Waals surface area (Å²) < 4.78 is 19.1. The first-order chi connectivity index (χ1) is 15.5. The fourth-order valence-corrected chi connectivity index (χ4v) is 3.43. The summed E-state index contributed by atoms with van der Waals surface area (Å²) >= 11 is 0. The molecule has 0 aliphatic carbocycles. The normalized spacial score (nSPS) is 13.2. The maximum absolute atomic E-state index is 13.4. The van der Waals surface area contributed by atoms with Crippen molar-refractivity contribution in [3.8, 4) is 5.75 Å². The van der Waals surface area contributed by atoms with Crippen LogP contribution in [0, 0.1) is 5.82 Å². The fourth-order valence-electron chi connectivity index (χ4n) is 3.43. The number of amides is 2. The van der Waals surface area contributed by atoms with Crippen molar-refractivity contribution in [3.63, 3.8) is 0 Å². The Hall–Kier alpha value is -2.89. The van der Waals surface area contributed by atoms with E-state index in [1.54, 1.807) is 12.1 Å². The zero-order valence-electron chi connectivity index (χ0n) is 20.7. The minimum absolute atomic E-state index is 0.00639. The maximum atomic E-state index is 13.4. The van der Waals surface area contributed by atoms with Gasteiger partial charge in [-0.2, -0.15) is 0 Å². The number of carbonyl (C=O) groups excluding carboxylic acids is 2. The number of hydrogen-bond acceptors (Lipinski definition) is 3. The first-order valence-electron chi connectivity index (χ1n) is 11.6. The third kappa shape index (κ3) is 7.88. The summed E-state index contributed by atoms with van der Waals surface area (Å²) in [5.74, 6) is -0.252. The van der Waals surface area contributed by atoms with Crippen LogP contribution in [-0.2, 0) is 21.5 Å². The molecule has 0 bridgehead atoms. The van der Waals surface area contributed by atoms with Crippen LogP contribution in [-0.4, -0.2) is 35.4 Å². The van der Waals surface area contributed by atoms with Gasteiger partial charge in [0.15, 0.2) is 6.61 Å². The molecule has 0 saturated heterocycles. The lowest BCUT2D eigenvalue weighted by molar-refractivity contribution is -0.143. The van der Waals surface area contributed by atoms with Gasteiger partial charge in [-0.15, -0.1) is 0 Å². The average Bonchev–Trinajstić information content (AvgIpc) is 2.78. The molecule has 2 aromatic rings. The number of halogens is 1. The predicted octanol–water partition coefficient (Wildman–Crippen LogP) is 5.22. The van der Waals surface area contributed by atoms with Gasteiger partial charge in [-0.3, -0.25) is 9.59 Å². The van der Waals surface area contributed by atoms with Crippen molar-refractivity contribution in [1.29, 1.82) is 0 Å². The summed E-state index contributed by atoms with van der Waals surface area (Å²) in [5.41, 5.74) is 1.94. The minimum Gasteiger partial charge on any atom is -0.484 e. The van der Waals surface area contributed by atoms with Crippen LogP contribution in [0.1, 0.15) is 65.5 Å². The number of benzene rings is 2. The SMILES string of the molecule is CC[C@@H](C)NC(=O)[C@@H](CC)N(Cc1ccc(F)cc1)C(=O)COc1ccc(C(C)(C)C)cc1. The quantitative estimate of drug-likeness (QED) is 0.533. The lowest BCUT2D eigenvalue weighted by atomic mass is 9.87. The highest BCUT2D eigenvalue weighted by Gasteiger charge is 2.29. The van der Waals surface area contributed by atoms with Crippen molar-refractivity contribution in [3.05, 3.63) is 65.5 Å². The highest BCUT2D eigenvalue weighted by Crippen LogP contribution is 2.24. The molecule has 0 fully saturated rings. The van der Waals surface area contributed by atoms with E-state index in [1.807, 2.05) is 45.0 Å². The van der Waals surface area contributed by atoms with E-state index in [0.29, 0.717) is 12.2 Å². The van der Waals surface area contributed by atoms with Crippen molar-refractivity contribution >= 4 is 11.8 Å². The fraction of sp³-hybridized carbons (Fsp3) is 0.481. The first kappa shape index (κ1) is 26.4. The van der Waals surface area contributed by atoms with E-state index in [-0.39, 0.29) is 42.2 Å². The average molecular weight is 457 g/mol. The van der Waals surface area contributed by atoms with Crippen LogP contribution in [0.3, 0.4) is 0 Å². The van der Waals surface area contributed by atoms with Crippen molar-refractivity contribution in [2.24, 2.45) is 0 Å². The van der Waals surface area contributed by atoms with E-state index in [1.165, 1.54) is 22.6 Å². The van der Waals surface area contributed by atoms with E-state index in [9.17, 15) is 14.0 Å². The van der Waals surface area contributed by atoms with Gasteiger partial charge in [0.05, 0.1) is 0 Å². The molecule has 180 valence electrons. The Labute approximate surface area is 197 Å². The van der Waals surface area contributed by atoms with E-state index in [2.05, 4.69) is 26.1 Å². The van der Waals surface area contributed by atoms with E-state index < -0.39 is 6.04 Å². The predicted molar refractivity (Wildman–Crippen MR) is 130 cm³/mol. The molecule has 5 nitrogen and oxygen atoms in total. The monoisotopic (exact) mass is 456 g/mol. The largest absolute Gasteiger partial charge is 0.484 e. The van der Waals surface area contributed by atoms with E-state index in [0.717, 1.165) is 12.0 Å². The number of hydrogen-bond donors (Lipinski definition) is 1. The number of rotatable bonds is 10. The molecule has 0 aliphatic rings. The lowest BCUT2D eigenvalue weighted by Crippen LogP contribution is -2.51. The van der Waals surface area contributed by atoms with Crippen LogP contribution in [0.25, 0.3) is 0 Å². The third-order valence-corrected chi connectivity index (χ3v) is 5.74. The second kappa shape index (κ2) is 11.8. The van der Waals surface area contributed by atoms with Gasteiger partial charge in [0.1, 0.15) is 17.6 Å². The van der Waals surface area contributed by atoms with Gasteiger partial charge < -0.3 is 15.0 Å². The van der Waals surface area contributed by atoms with Crippen LogP contribution < -0.4 is 10.1 Å². The van der Waals surface area contributed by atoms with Gasteiger partial charge in [0.25, 0.3) is 5.91 Å². The molecule has 2 aromatic carbocycles. The van der Waals surface area contributed by atoms with Crippen molar-refractivity contribution in [2.45, 2.75) is 78.4 Å². The highest BCUT2D eigenvalue weighted by atomic mass is 19.1. The summed E-state index contributed by atoms with van der Waals surface area (Å²) in [6.07, 6.45) is 1.25. The zero-order valence-corrected chi connectivity index (χ0v) is 20.7. The molecule has 0 spiro atoms. The topological polar surface area (TPSA) is 58.6 Å². The minimum atomic E-state index is -0.650.